The Balaban J connectivity index is 1.51. The van der Waals surface area contributed by atoms with Gasteiger partial charge in [0.2, 0.25) is 5.91 Å². The van der Waals surface area contributed by atoms with Crippen LogP contribution in [-0.2, 0) is 17.8 Å². The van der Waals surface area contributed by atoms with Crippen LogP contribution in [0.25, 0.3) is 0 Å². The number of hydrogen-bond donors (Lipinski definition) is 1. The monoisotopic (exact) mass is 486 g/mol. The first-order valence-electron chi connectivity index (χ1n) is 12.2. The number of hydrogen-bond acceptors (Lipinski definition) is 5. The molecule has 0 spiro atoms. The molecule has 0 saturated heterocycles. The summed E-state index contributed by atoms with van der Waals surface area (Å²) in [7, 11) is 3.20. The molecule has 3 aromatic rings. The third-order valence-electron chi connectivity index (χ3n) is 7.01. The maximum Gasteiger partial charge on any atom is 0.254 e. The summed E-state index contributed by atoms with van der Waals surface area (Å²) in [5.41, 5.74) is 4.28. The highest BCUT2D eigenvalue weighted by Gasteiger charge is 2.46. The molecule has 0 fully saturated rings. The minimum absolute atomic E-state index is 0.0494. The van der Waals surface area contributed by atoms with Gasteiger partial charge in [-0.3, -0.25) is 9.59 Å². The number of nitrogens with zero attached hydrogens (tertiary/aromatic N) is 1. The molecule has 2 aliphatic rings. The summed E-state index contributed by atoms with van der Waals surface area (Å²) in [5, 5.41) is 3.12. The Morgan fingerprint density at radius 2 is 1.72 bits per heavy atom. The Hall–Kier alpha value is -4.00. The van der Waals surface area contributed by atoms with E-state index in [2.05, 4.69) is 5.32 Å². The molecule has 3 aromatic carbocycles. The van der Waals surface area contributed by atoms with Crippen LogP contribution in [0.2, 0.25) is 0 Å². The van der Waals surface area contributed by atoms with Crippen LogP contribution in [0, 0.1) is 0 Å². The largest absolute Gasteiger partial charge is 0.494 e. The number of methoxy groups -OCH3 is 2. The average Bonchev–Trinajstić information content (AvgIpc) is 2.92. The minimum atomic E-state index is -0.557. The Kier molecular flexibility index (Phi) is 6.55. The van der Waals surface area contributed by atoms with E-state index in [9.17, 15) is 9.59 Å². The van der Waals surface area contributed by atoms with E-state index in [0.29, 0.717) is 43.2 Å². The third-order valence-corrected chi connectivity index (χ3v) is 7.01. The van der Waals surface area contributed by atoms with Gasteiger partial charge in [-0.05, 0) is 65.9 Å². The molecule has 2 aliphatic heterocycles. The van der Waals surface area contributed by atoms with Crippen molar-refractivity contribution < 1.29 is 23.8 Å². The molecule has 0 bridgehead atoms. The van der Waals surface area contributed by atoms with E-state index in [1.54, 1.807) is 14.2 Å². The van der Waals surface area contributed by atoms with Gasteiger partial charge in [0.1, 0.15) is 5.75 Å². The lowest BCUT2D eigenvalue weighted by atomic mass is 9.75. The first kappa shape index (κ1) is 23.7. The Morgan fingerprint density at radius 1 is 1.00 bits per heavy atom. The van der Waals surface area contributed by atoms with Gasteiger partial charge >= 0.3 is 0 Å². The molecule has 0 saturated carbocycles. The van der Waals surface area contributed by atoms with E-state index in [0.717, 1.165) is 28.0 Å². The fraction of sp³-hybridized carbons (Fsp3) is 0.310. The highest BCUT2D eigenvalue weighted by atomic mass is 16.5. The standard InChI is InChI=1S/C29H30N2O5/c1-4-36-20-11-9-18(10-12-20)17-30-28(32)26-21-7-5-6-8-22(21)29(33)31-14-13-19-15-24(34-2)25(35-3)16-23(19)27(26)31/h5-12,15-16,26-27H,4,13-14,17H2,1-3H3,(H,30,32)/t26-,27+/m1/s1. The minimum Gasteiger partial charge on any atom is -0.494 e. The smallest absolute Gasteiger partial charge is 0.254 e. The summed E-state index contributed by atoms with van der Waals surface area (Å²) in [6.45, 7) is 3.46. The zero-order valence-electron chi connectivity index (χ0n) is 20.7. The molecule has 2 heterocycles. The number of carbonyl (C=O) groups excluding carboxylic acids is 2. The summed E-state index contributed by atoms with van der Waals surface area (Å²) in [4.78, 5) is 29.2. The average molecular weight is 487 g/mol. The normalized spacial score (nSPS) is 18.0. The van der Waals surface area contributed by atoms with Crippen molar-refractivity contribution in [3.63, 3.8) is 0 Å². The quantitative estimate of drug-likeness (QED) is 0.540. The molecule has 2 atom stereocenters. The molecule has 5 rings (SSSR count). The number of carbonyl (C=O) groups is 2. The lowest BCUT2D eigenvalue weighted by molar-refractivity contribution is -0.124. The van der Waals surface area contributed by atoms with Crippen LogP contribution >= 0.6 is 0 Å². The van der Waals surface area contributed by atoms with Gasteiger partial charge in [-0.25, -0.2) is 0 Å². The number of nitrogens with one attached hydrogen (secondary N) is 1. The highest BCUT2D eigenvalue weighted by molar-refractivity contribution is 6.01. The molecule has 2 amide bonds. The Labute approximate surface area is 211 Å². The molecular weight excluding hydrogens is 456 g/mol. The van der Waals surface area contributed by atoms with Crippen molar-refractivity contribution in [2.45, 2.75) is 31.8 Å². The maximum atomic E-state index is 13.8. The van der Waals surface area contributed by atoms with Gasteiger partial charge in [0.25, 0.3) is 5.91 Å². The summed E-state index contributed by atoms with van der Waals surface area (Å²) in [5.74, 6) is 1.29. The highest BCUT2D eigenvalue weighted by Crippen LogP contribution is 2.48. The summed E-state index contributed by atoms with van der Waals surface area (Å²) in [6.07, 6.45) is 0.681. The van der Waals surface area contributed by atoms with Crippen molar-refractivity contribution >= 4 is 11.8 Å². The molecule has 7 heteroatoms. The van der Waals surface area contributed by atoms with Crippen LogP contribution in [0.5, 0.6) is 17.2 Å². The second-order valence-electron chi connectivity index (χ2n) is 8.96. The van der Waals surface area contributed by atoms with Crippen LogP contribution in [0.15, 0.2) is 60.7 Å². The van der Waals surface area contributed by atoms with Gasteiger partial charge in [0.15, 0.2) is 11.5 Å². The molecule has 186 valence electrons. The van der Waals surface area contributed by atoms with Crippen molar-refractivity contribution in [3.8, 4) is 17.2 Å². The van der Waals surface area contributed by atoms with E-state index >= 15 is 0 Å². The van der Waals surface area contributed by atoms with Crippen molar-refractivity contribution in [2.75, 3.05) is 27.4 Å². The van der Waals surface area contributed by atoms with Crippen LogP contribution < -0.4 is 19.5 Å². The first-order chi connectivity index (χ1) is 17.5. The van der Waals surface area contributed by atoms with E-state index in [-0.39, 0.29) is 11.8 Å². The number of benzene rings is 3. The number of amides is 2. The second-order valence-corrected chi connectivity index (χ2v) is 8.96. The van der Waals surface area contributed by atoms with E-state index in [1.807, 2.05) is 72.5 Å². The van der Waals surface area contributed by atoms with Crippen molar-refractivity contribution in [3.05, 3.63) is 88.5 Å². The summed E-state index contributed by atoms with van der Waals surface area (Å²) >= 11 is 0. The van der Waals surface area contributed by atoms with Crippen molar-refractivity contribution in [1.29, 1.82) is 0 Å². The number of ether oxygens (including phenoxy) is 3. The van der Waals surface area contributed by atoms with Crippen LogP contribution in [-0.4, -0.2) is 44.1 Å². The zero-order valence-corrected chi connectivity index (χ0v) is 20.7. The molecule has 0 unspecified atom stereocenters. The van der Waals surface area contributed by atoms with Crippen molar-refractivity contribution in [1.82, 2.24) is 10.2 Å². The number of fused-ring (bicyclic) bond motifs is 4. The third kappa shape index (κ3) is 4.15. The molecule has 7 nitrogen and oxygen atoms in total. The zero-order chi connectivity index (χ0) is 25.2. The van der Waals surface area contributed by atoms with Crippen LogP contribution in [0.4, 0.5) is 0 Å². The maximum absolute atomic E-state index is 13.8. The van der Waals surface area contributed by atoms with Crippen LogP contribution in [0.1, 0.15) is 51.5 Å². The van der Waals surface area contributed by atoms with Gasteiger partial charge in [0, 0.05) is 18.7 Å². The van der Waals surface area contributed by atoms with E-state index in [4.69, 9.17) is 14.2 Å². The number of rotatable bonds is 7. The fourth-order valence-corrected chi connectivity index (χ4v) is 5.31. The predicted octanol–water partition coefficient (Wildman–Crippen LogP) is 4.26. The molecule has 0 aromatic heterocycles. The SMILES string of the molecule is CCOc1ccc(CNC(=O)[C@@H]2c3ccccc3C(=O)N3CCc4cc(OC)c(OC)cc4[C@@H]23)cc1. The fourth-order valence-electron chi connectivity index (χ4n) is 5.31. The van der Waals surface area contributed by atoms with Gasteiger partial charge < -0.3 is 24.4 Å². The first-order valence-corrected chi connectivity index (χ1v) is 12.2. The Morgan fingerprint density at radius 3 is 2.44 bits per heavy atom. The Bertz CT molecular complexity index is 1290. The predicted molar refractivity (Wildman–Crippen MR) is 136 cm³/mol. The molecular formula is C29H30N2O5. The molecule has 36 heavy (non-hydrogen) atoms. The van der Waals surface area contributed by atoms with E-state index in [1.165, 1.54) is 0 Å². The van der Waals surface area contributed by atoms with Gasteiger partial charge in [-0.1, -0.05) is 30.3 Å². The second kappa shape index (κ2) is 9.93. The van der Waals surface area contributed by atoms with Gasteiger partial charge in [0.05, 0.1) is 32.8 Å². The molecule has 0 aliphatic carbocycles. The van der Waals surface area contributed by atoms with E-state index < -0.39 is 12.0 Å². The topological polar surface area (TPSA) is 77.1 Å². The lowest BCUT2D eigenvalue weighted by Gasteiger charge is -2.45. The molecule has 1 N–H and O–H groups in total. The van der Waals surface area contributed by atoms with Crippen molar-refractivity contribution in [2.24, 2.45) is 0 Å². The van der Waals surface area contributed by atoms with Crippen LogP contribution in [0.3, 0.4) is 0 Å². The molecule has 0 radical (unpaired) electrons. The van der Waals surface area contributed by atoms with Gasteiger partial charge in [-0.15, -0.1) is 0 Å². The lowest BCUT2D eigenvalue weighted by Crippen LogP contribution is -2.50. The van der Waals surface area contributed by atoms with Gasteiger partial charge in [-0.2, -0.15) is 0 Å². The summed E-state index contributed by atoms with van der Waals surface area (Å²) in [6, 6.07) is 18.6. The summed E-state index contributed by atoms with van der Waals surface area (Å²) < 4.78 is 16.6.